The number of hydrogen-bond acceptors (Lipinski definition) is 3. The SMILES string of the molecule is CCn1ncnc1CNCCC(C)(C)C. The molecule has 1 aromatic rings. The van der Waals surface area contributed by atoms with E-state index in [1.807, 2.05) is 4.68 Å². The van der Waals surface area contributed by atoms with E-state index in [2.05, 4.69) is 43.1 Å². The summed E-state index contributed by atoms with van der Waals surface area (Å²) in [6.45, 7) is 11.6. The molecular weight excluding hydrogens is 188 g/mol. The van der Waals surface area contributed by atoms with E-state index in [9.17, 15) is 0 Å². The topological polar surface area (TPSA) is 42.7 Å². The van der Waals surface area contributed by atoms with Gasteiger partial charge in [0.25, 0.3) is 0 Å². The summed E-state index contributed by atoms with van der Waals surface area (Å²) in [6.07, 6.45) is 2.79. The molecule has 0 radical (unpaired) electrons. The van der Waals surface area contributed by atoms with Crippen molar-refractivity contribution in [3.63, 3.8) is 0 Å². The first kappa shape index (κ1) is 12.2. The second kappa shape index (κ2) is 5.26. The molecule has 0 atom stereocenters. The first-order valence-corrected chi connectivity index (χ1v) is 5.60. The summed E-state index contributed by atoms with van der Waals surface area (Å²) < 4.78 is 1.92. The van der Waals surface area contributed by atoms with Gasteiger partial charge in [0.05, 0.1) is 6.54 Å². The maximum atomic E-state index is 4.21. The van der Waals surface area contributed by atoms with Crippen LogP contribution < -0.4 is 5.32 Å². The summed E-state index contributed by atoms with van der Waals surface area (Å²) in [6, 6.07) is 0. The third kappa shape index (κ3) is 4.42. The maximum Gasteiger partial charge on any atom is 0.140 e. The standard InChI is InChI=1S/C11H22N4/c1-5-15-10(13-9-14-15)8-12-7-6-11(2,3)4/h9,12H,5-8H2,1-4H3. The van der Waals surface area contributed by atoms with Crippen LogP contribution in [0.2, 0.25) is 0 Å². The van der Waals surface area contributed by atoms with Gasteiger partial charge in [-0.3, -0.25) is 0 Å². The van der Waals surface area contributed by atoms with E-state index in [-0.39, 0.29) is 0 Å². The average molecular weight is 210 g/mol. The second-order valence-electron chi connectivity index (χ2n) is 4.98. The van der Waals surface area contributed by atoms with Crippen molar-refractivity contribution in [1.29, 1.82) is 0 Å². The van der Waals surface area contributed by atoms with E-state index in [0.717, 1.165) is 25.5 Å². The van der Waals surface area contributed by atoms with Crippen molar-refractivity contribution < 1.29 is 0 Å². The second-order valence-corrected chi connectivity index (χ2v) is 4.98. The van der Waals surface area contributed by atoms with Crippen LogP contribution in [0.4, 0.5) is 0 Å². The third-order valence-electron chi connectivity index (χ3n) is 2.33. The summed E-state index contributed by atoms with van der Waals surface area (Å²) in [5.74, 6) is 1.02. The molecule has 0 aliphatic heterocycles. The van der Waals surface area contributed by atoms with Gasteiger partial charge in [0.1, 0.15) is 12.2 Å². The molecule has 0 amide bonds. The predicted molar refractivity (Wildman–Crippen MR) is 61.5 cm³/mol. The van der Waals surface area contributed by atoms with E-state index < -0.39 is 0 Å². The van der Waals surface area contributed by atoms with Crippen molar-refractivity contribution in [2.24, 2.45) is 5.41 Å². The van der Waals surface area contributed by atoms with Gasteiger partial charge in [-0.2, -0.15) is 5.10 Å². The molecule has 4 nitrogen and oxygen atoms in total. The van der Waals surface area contributed by atoms with Gasteiger partial charge >= 0.3 is 0 Å². The Labute approximate surface area is 92.1 Å². The van der Waals surface area contributed by atoms with Crippen molar-refractivity contribution >= 4 is 0 Å². The lowest BCUT2D eigenvalue weighted by atomic mass is 9.92. The zero-order chi connectivity index (χ0) is 11.3. The normalized spacial score (nSPS) is 12.0. The van der Waals surface area contributed by atoms with Crippen LogP contribution in [-0.2, 0) is 13.1 Å². The molecule has 1 rings (SSSR count). The highest BCUT2D eigenvalue weighted by atomic mass is 15.3. The predicted octanol–water partition coefficient (Wildman–Crippen LogP) is 1.82. The van der Waals surface area contributed by atoms with Gasteiger partial charge in [-0.05, 0) is 25.3 Å². The number of rotatable bonds is 5. The molecule has 0 aliphatic carbocycles. The molecule has 0 saturated heterocycles. The smallest absolute Gasteiger partial charge is 0.140 e. The molecule has 15 heavy (non-hydrogen) atoms. The fourth-order valence-corrected chi connectivity index (χ4v) is 1.35. The Bertz CT molecular complexity index is 285. The number of nitrogens with one attached hydrogen (secondary N) is 1. The van der Waals surface area contributed by atoms with Crippen LogP contribution in [0.5, 0.6) is 0 Å². The first-order chi connectivity index (χ1) is 7.03. The Balaban J connectivity index is 2.26. The molecule has 86 valence electrons. The maximum absolute atomic E-state index is 4.21. The fraction of sp³-hybridized carbons (Fsp3) is 0.818. The molecule has 0 unspecified atom stereocenters. The Morgan fingerprint density at radius 1 is 1.40 bits per heavy atom. The average Bonchev–Trinajstić information content (AvgIpc) is 2.58. The summed E-state index contributed by atoms with van der Waals surface area (Å²) >= 11 is 0. The van der Waals surface area contributed by atoms with Gasteiger partial charge in [0.2, 0.25) is 0 Å². The molecule has 0 saturated carbocycles. The number of aryl methyl sites for hydroxylation is 1. The van der Waals surface area contributed by atoms with Gasteiger partial charge in [-0.1, -0.05) is 20.8 Å². The van der Waals surface area contributed by atoms with Gasteiger partial charge < -0.3 is 5.32 Å². The quantitative estimate of drug-likeness (QED) is 0.754. The minimum absolute atomic E-state index is 0.394. The molecule has 0 aromatic carbocycles. The van der Waals surface area contributed by atoms with Crippen LogP contribution in [0.25, 0.3) is 0 Å². The first-order valence-electron chi connectivity index (χ1n) is 5.60. The van der Waals surface area contributed by atoms with Crippen LogP contribution in [0, 0.1) is 5.41 Å². The third-order valence-corrected chi connectivity index (χ3v) is 2.33. The summed E-state index contributed by atoms with van der Waals surface area (Å²) in [5, 5.41) is 7.52. The Hall–Kier alpha value is -0.900. The number of nitrogens with zero attached hydrogens (tertiary/aromatic N) is 3. The van der Waals surface area contributed by atoms with Crippen molar-refractivity contribution in [1.82, 2.24) is 20.1 Å². The highest BCUT2D eigenvalue weighted by molar-refractivity contribution is 4.83. The van der Waals surface area contributed by atoms with Crippen LogP contribution in [0.3, 0.4) is 0 Å². The minimum atomic E-state index is 0.394. The molecule has 0 fully saturated rings. The molecule has 0 aliphatic rings. The van der Waals surface area contributed by atoms with Crippen molar-refractivity contribution in [3.8, 4) is 0 Å². The van der Waals surface area contributed by atoms with Crippen LogP contribution in [0.1, 0.15) is 39.9 Å². The highest BCUT2D eigenvalue weighted by Crippen LogP contribution is 2.16. The fourth-order valence-electron chi connectivity index (χ4n) is 1.35. The highest BCUT2D eigenvalue weighted by Gasteiger charge is 2.09. The lowest BCUT2D eigenvalue weighted by Crippen LogP contribution is -2.22. The largest absolute Gasteiger partial charge is 0.310 e. The lowest BCUT2D eigenvalue weighted by molar-refractivity contribution is 0.364. The number of aromatic nitrogens is 3. The van der Waals surface area contributed by atoms with E-state index >= 15 is 0 Å². The molecular formula is C11H22N4. The summed E-state index contributed by atoms with van der Waals surface area (Å²) in [7, 11) is 0. The summed E-state index contributed by atoms with van der Waals surface area (Å²) in [4.78, 5) is 4.21. The van der Waals surface area contributed by atoms with E-state index in [0.29, 0.717) is 5.41 Å². The Morgan fingerprint density at radius 2 is 2.13 bits per heavy atom. The monoisotopic (exact) mass is 210 g/mol. The van der Waals surface area contributed by atoms with Crippen LogP contribution in [-0.4, -0.2) is 21.3 Å². The summed E-state index contributed by atoms with van der Waals surface area (Å²) in [5.41, 5.74) is 0.394. The van der Waals surface area contributed by atoms with E-state index in [4.69, 9.17) is 0 Å². The van der Waals surface area contributed by atoms with E-state index in [1.54, 1.807) is 6.33 Å². The lowest BCUT2D eigenvalue weighted by Gasteiger charge is -2.17. The van der Waals surface area contributed by atoms with Gasteiger partial charge in [0.15, 0.2) is 0 Å². The number of hydrogen-bond donors (Lipinski definition) is 1. The molecule has 1 aromatic heterocycles. The Morgan fingerprint density at radius 3 is 2.73 bits per heavy atom. The molecule has 0 spiro atoms. The zero-order valence-corrected chi connectivity index (χ0v) is 10.2. The molecule has 4 heteroatoms. The minimum Gasteiger partial charge on any atom is -0.310 e. The Kier molecular flexibility index (Phi) is 4.27. The van der Waals surface area contributed by atoms with Crippen molar-refractivity contribution in [2.45, 2.75) is 47.2 Å². The van der Waals surface area contributed by atoms with Gasteiger partial charge in [-0.25, -0.2) is 9.67 Å². The molecule has 0 bridgehead atoms. The van der Waals surface area contributed by atoms with Gasteiger partial charge in [-0.15, -0.1) is 0 Å². The molecule has 1 N–H and O–H groups in total. The van der Waals surface area contributed by atoms with Crippen molar-refractivity contribution in [3.05, 3.63) is 12.2 Å². The zero-order valence-electron chi connectivity index (χ0n) is 10.2. The van der Waals surface area contributed by atoms with Crippen LogP contribution >= 0.6 is 0 Å². The van der Waals surface area contributed by atoms with Crippen LogP contribution in [0.15, 0.2) is 6.33 Å². The molecule has 1 heterocycles. The van der Waals surface area contributed by atoms with Gasteiger partial charge in [0, 0.05) is 6.54 Å². The van der Waals surface area contributed by atoms with E-state index in [1.165, 1.54) is 6.42 Å². The van der Waals surface area contributed by atoms with Crippen molar-refractivity contribution in [2.75, 3.05) is 6.54 Å².